The van der Waals surface area contributed by atoms with Gasteiger partial charge in [-0.05, 0) is 37.3 Å². The van der Waals surface area contributed by atoms with Crippen molar-refractivity contribution in [2.45, 2.75) is 55.7 Å². The van der Waals surface area contributed by atoms with Crippen molar-refractivity contribution in [3.05, 3.63) is 29.6 Å². The van der Waals surface area contributed by atoms with Gasteiger partial charge in [-0.3, -0.25) is 4.98 Å². The molecule has 3 rings (SSSR count). The number of thioether (sulfide) groups is 1. The maximum absolute atomic E-state index is 6.41. The van der Waals surface area contributed by atoms with E-state index in [2.05, 4.69) is 22.8 Å². The Morgan fingerprint density at radius 2 is 2.17 bits per heavy atom. The van der Waals surface area contributed by atoms with E-state index in [0.29, 0.717) is 5.92 Å². The van der Waals surface area contributed by atoms with E-state index in [1.165, 1.54) is 43.4 Å². The number of nitrogens with two attached hydrogens (primary N) is 1. The summed E-state index contributed by atoms with van der Waals surface area (Å²) in [6.07, 6.45) is 9.90. The predicted octanol–water partition coefficient (Wildman–Crippen LogP) is 3.11. The summed E-state index contributed by atoms with van der Waals surface area (Å²) < 4.78 is 0. The Bertz CT molecular complexity index is 401. The van der Waals surface area contributed by atoms with Crippen molar-refractivity contribution >= 4 is 11.8 Å². The molecule has 1 saturated carbocycles. The third-order valence-corrected chi connectivity index (χ3v) is 5.87. The highest BCUT2D eigenvalue weighted by atomic mass is 32.2. The van der Waals surface area contributed by atoms with E-state index in [9.17, 15) is 0 Å². The van der Waals surface area contributed by atoms with Crippen LogP contribution in [0.1, 0.15) is 49.3 Å². The van der Waals surface area contributed by atoms with Crippen molar-refractivity contribution in [3.8, 4) is 0 Å². The summed E-state index contributed by atoms with van der Waals surface area (Å²) in [4.78, 5) is 4.55. The first-order valence-electron chi connectivity index (χ1n) is 7.15. The van der Waals surface area contributed by atoms with E-state index < -0.39 is 0 Å². The highest BCUT2D eigenvalue weighted by Gasteiger charge is 2.29. The molecule has 0 radical (unpaired) electrons. The molecule has 0 spiro atoms. The van der Waals surface area contributed by atoms with Crippen molar-refractivity contribution in [2.75, 3.05) is 5.75 Å². The quantitative estimate of drug-likeness (QED) is 0.906. The Kier molecular flexibility index (Phi) is 3.90. The average molecular weight is 262 g/mol. The monoisotopic (exact) mass is 262 g/mol. The van der Waals surface area contributed by atoms with Crippen LogP contribution in [-0.2, 0) is 6.42 Å². The van der Waals surface area contributed by atoms with Gasteiger partial charge in [0.2, 0.25) is 0 Å². The van der Waals surface area contributed by atoms with E-state index in [1.54, 1.807) is 0 Å². The van der Waals surface area contributed by atoms with Gasteiger partial charge < -0.3 is 5.73 Å². The minimum absolute atomic E-state index is 0.284. The standard InChI is InChI=1S/C15H22N2S/c16-14(10-18-12-5-1-2-6-12)13-8-7-11-4-3-9-17-15(11)13/h3-4,9,12-14H,1-2,5-8,10,16H2. The van der Waals surface area contributed by atoms with E-state index in [0.717, 1.165) is 17.4 Å². The minimum Gasteiger partial charge on any atom is -0.326 e. The Morgan fingerprint density at radius 1 is 1.33 bits per heavy atom. The van der Waals surface area contributed by atoms with Crippen molar-refractivity contribution in [1.29, 1.82) is 0 Å². The predicted molar refractivity (Wildman–Crippen MR) is 78.0 cm³/mol. The Morgan fingerprint density at radius 3 is 3.00 bits per heavy atom. The lowest BCUT2D eigenvalue weighted by Crippen LogP contribution is -2.30. The van der Waals surface area contributed by atoms with Gasteiger partial charge in [-0.2, -0.15) is 11.8 Å². The topological polar surface area (TPSA) is 38.9 Å². The van der Waals surface area contributed by atoms with Gasteiger partial charge in [-0.15, -0.1) is 0 Å². The molecule has 2 N–H and O–H groups in total. The van der Waals surface area contributed by atoms with Crippen molar-refractivity contribution < 1.29 is 0 Å². The molecule has 1 heterocycles. The summed E-state index contributed by atoms with van der Waals surface area (Å²) in [5.41, 5.74) is 9.11. The second kappa shape index (κ2) is 5.62. The van der Waals surface area contributed by atoms with Crippen LogP contribution in [-0.4, -0.2) is 22.0 Å². The zero-order chi connectivity index (χ0) is 12.4. The molecule has 0 amide bonds. The van der Waals surface area contributed by atoms with Crippen LogP contribution in [0.15, 0.2) is 18.3 Å². The number of hydrogen-bond donors (Lipinski definition) is 1. The summed E-state index contributed by atoms with van der Waals surface area (Å²) in [6.45, 7) is 0. The summed E-state index contributed by atoms with van der Waals surface area (Å²) in [7, 11) is 0. The maximum Gasteiger partial charge on any atom is 0.0482 e. The highest BCUT2D eigenvalue weighted by Crippen LogP contribution is 2.36. The first-order chi connectivity index (χ1) is 8.84. The highest BCUT2D eigenvalue weighted by molar-refractivity contribution is 7.99. The van der Waals surface area contributed by atoms with Crippen LogP contribution in [0.3, 0.4) is 0 Å². The smallest absolute Gasteiger partial charge is 0.0482 e. The van der Waals surface area contributed by atoms with Crippen LogP contribution in [0.5, 0.6) is 0 Å². The minimum atomic E-state index is 0.284. The molecule has 0 aliphatic heterocycles. The molecule has 0 bridgehead atoms. The lowest BCUT2D eigenvalue weighted by atomic mass is 9.99. The molecule has 2 unspecified atom stereocenters. The molecule has 18 heavy (non-hydrogen) atoms. The fourth-order valence-electron chi connectivity index (χ4n) is 3.28. The van der Waals surface area contributed by atoms with Crippen molar-refractivity contribution in [2.24, 2.45) is 5.73 Å². The van der Waals surface area contributed by atoms with Crippen LogP contribution in [0.4, 0.5) is 0 Å². The van der Waals surface area contributed by atoms with Gasteiger partial charge in [-0.1, -0.05) is 18.9 Å². The Balaban J connectivity index is 1.58. The van der Waals surface area contributed by atoms with Gasteiger partial charge in [0.05, 0.1) is 0 Å². The van der Waals surface area contributed by atoms with E-state index in [-0.39, 0.29) is 6.04 Å². The third-order valence-electron chi connectivity index (χ3n) is 4.35. The lowest BCUT2D eigenvalue weighted by Gasteiger charge is -2.20. The zero-order valence-electron chi connectivity index (χ0n) is 10.8. The van der Waals surface area contributed by atoms with Gasteiger partial charge in [-0.25, -0.2) is 0 Å². The van der Waals surface area contributed by atoms with Crippen LogP contribution < -0.4 is 5.73 Å². The van der Waals surface area contributed by atoms with E-state index in [1.807, 2.05) is 12.3 Å². The Hall–Kier alpha value is -0.540. The molecule has 2 aliphatic rings. The molecular formula is C15H22N2S. The van der Waals surface area contributed by atoms with Crippen LogP contribution >= 0.6 is 11.8 Å². The van der Waals surface area contributed by atoms with Gasteiger partial charge in [0.1, 0.15) is 0 Å². The molecule has 3 heteroatoms. The maximum atomic E-state index is 6.41. The van der Waals surface area contributed by atoms with Gasteiger partial charge in [0, 0.05) is 34.9 Å². The molecule has 1 aromatic heterocycles. The second-order valence-electron chi connectivity index (χ2n) is 5.60. The number of pyridine rings is 1. The van der Waals surface area contributed by atoms with Crippen LogP contribution in [0, 0.1) is 0 Å². The average Bonchev–Trinajstić information content (AvgIpc) is 3.05. The van der Waals surface area contributed by atoms with Crippen LogP contribution in [0.25, 0.3) is 0 Å². The molecule has 2 aliphatic carbocycles. The zero-order valence-corrected chi connectivity index (χ0v) is 11.7. The first-order valence-corrected chi connectivity index (χ1v) is 8.20. The fourth-order valence-corrected chi connectivity index (χ4v) is 4.67. The van der Waals surface area contributed by atoms with Crippen LogP contribution in [0.2, 0.25) is 0 Å². The van der Waals surface area contributed by atoms with Gasteiger partial charge in [0.15, 0.2) is 0 Å². The van der Waals surface area contributed by atoms with Gasteiger partial charge in [0.25, 0.3) is 0 Å². The molecule has 98 valence electrons. The van der Waals surface area contributed by atoms with Crippen molar-refractivity contribution in [3.63, 3.8) is 0 Å². The number of hydrogen-bond acceptors (Lipinski definition) is 3. The number of aryl methyl sites for hydroxylation is 1. The molecule has 1 fully saturated rings. The SMILES string of the molecule is NC(CSC1CCCC1)C1CCc2cccnc21. The first kappa shape index (κ1) is 12.5. The molecule has 0 aromatic carbocycles. The summed E-state index contributed by atoms with van der Waals surface area (Å²) in [5.74, 6) is 1.60. The summed E-state index contributed by atoms with van der Waals surface area (Å²) in [5, 5.41) is 0.876. The molecule has 1 aromatic rings. The number of aromatic nitrogens is 1. The lowest BCUT2D eigenvalue weighted by molar-refractivity contribution is 0.560. The number of nitrogens with zero attached hydrogens (tertiary/aromatic N) is 1. The summed E-state index contributed by atoms with van der Waals surface area (Å²) in [6, 6.07) is 4.53. The molecular weight excluding hydrogens is 240 g/mol. The van der Waals surface area contributed by atoms with Crippen molar-refractivity contribution in [1.82, 2.24) is 4.98 Å². The van der Waals surface area contributed by atoms with Gasteiger partial charge >= 0.3 is 0 Å². The summed E-state index contributed by atoms with van der Waals surface area (Å²) >= 11 is 2.10. The molecule has 2 nitrogen and oxygen atoms in total. The van der Waals surface area contributed by atoms with E-state index >= 15 is 0 Å². The second-order valence-corrected chi connectivity index (χ2v) is 6.93. The molecule has 0 saturated heterocycles. The third kappa shape index (κ3) is 2.57. The largest absolute Gasteiger partial charge is 0.326 e. The Labute approximate surface area is 114 Å². The normalized spacial score (nSPS) is 25.3. The number of fused-ring (bicyclic) bond motifs is 1. The fraction of sp³-hybridized carbons (Fsp3) is 0.667. The van der Waals surface area contributed by atoms with E-state index in [4.69, 9.17) is 5.73 Å². The number of rotatable bonds is 4. The molecule has 2 atom stereocenters.